The van der Waals surface area contributed by atoms with Crippen molar-refractivity contribution in [2.45, 2.75) is 18.9 Å². The van der Waals surface area contributed by atoms with Gasteiger partial charge < -0.3 is 20.3 Å². The fourth-order valence-electron chi connectivity index (χ4n) is 2.15. The highest BCUT2D eigenvalue weighted by atomic mass is 16.5. The number of ether oxygens (including phenoxy) is 1. The van der Waals surface area contributed by atoms with Crippen LogP contribution in [0, 0.1) is 0 Å². The van der Waals surface area contributed by atoms with Crippen LogP contribution in [0.1, 0.15) is 12.8 Å². The third-order valence-corrected chi connectivity index (χ3v) is 3.20. The smallest absolute Gasteiger partial charge is 0.326 e. The molecule has 0 saturated heterocycles. The first-order valence-electron chi connectivity index (χ1n) is 6.77. The lowest BCUT2D eigenvalue weighted by molar-refractivity contribution is -0.139. The van der Waals surface area contributed by atoms with Crippen molar-refractivity contribution < 1.29 is 24.5 Å². The van der Waals surface area contributed by atoms with Crippen LogP contribution >= 0.6 is 0 Å². The summed E-state index contributed by atoms with van der Waals surface area (Å²) in [7, 11) is 0. The maximum atomic E-state index is 12.3. The number of aliphatic carboxylic acids is 1. The fourth-order valence-corrected chi connectivity index (χ4v) is 2.15. The highest BCUT2D eigenvalue weighted by molar-refractivity contribution is 5.95. The van der Waals surface area contributed by atoms with Gasteiger partial charge in [-0.25, -0.2) is 9.59 Å². The number of nitrogens with zero attached hydrogens (tertiary/aromatic N) is 1. The molecule has 2 rings (SSSR count). The number of rotatable bonds is 4. The highest BCUT2D eigenvalue weighted by Gasteiger charge is 2.26. The van der Waals surface area contributed by atoms with Gasteiger partial charge in [-0.1, -0.05) is 12.1 Å². The number of carboxylic acids is 1. The third kappa shape index (κ3) is 3.63. The molecule has 7 nitrogen and oxygen atoms in total. The zero-order chi connectivity index (χ0) is 15.2. The Balaban J connectivity index is 2.16. The van der Waals surface area contributed by atoms with Crippen LogP contribution in [0.25, 0.3) is 0 Å². The van der Waals surface area contributed by atoms with E-state index in [1.54, 1.807) is 18.2 Å². The number of carbonyl (C=O) groups is 2. The van der Waals surface area contributed by atoms with Gasteiger partial charge in [-0.05, 0) is 18.6 Å². The molecule has 1 atom stereocenters. The van der Waals surface area contributed by atoms with Crippen LogP contribution in [0.4, 0.5) is 10.5 Å². The Morgan fingerprint density at radius 3 is 2.86 bits per heavy atom. The molecule has 0 aromatic heterocycles. The van der Waals surface area contributed by atoms with Crippen LogP contribution in [-0.4, -0.2) is 48.0 Å². The van der Waals surface area contributed by atoms with Gasteiger partial charge in [-0.3, -0.25) is 4.90 Å². The van der Waals surface area contributed by atoms with E-state index in [1.807, 2.05) is 6.07 Å². The number of amides is 2. The molecule has 0 unspecified atom stereocenters. The summed E-state index contributed by atoms with van der Waals surface area (Å²) in [4.78, 5) is 24.8. The zero-order valence-electron chi connectivity index (χ0n) is 11.5. The van der Waals surface area contributed by atoms with E-state index < -0.39 is 18.0 Å². The van der Waals surface area contributed by atoms with Crippen LogP contribution in [0.2, 0.25) is 0 Å². The summed E-state index contributed by atoms with van der Waals surface area (Å²) in [5.74, 6) is -0.573. The molecular formula is C14H18N2O5. The van der Waals surface area contributed by atoms with Crippen molar-refractivity contribution in [1.29, 1.82) is 0 Å². The number of hydrogen-bond donors (Lipinski definition) is 3. The Morgan fingerprint density at radius 1 is 1.38 bits per heavy atom. The highest BCUT2D eigenvalue weighted by Crippen LogP contribution is 2.30. The molecule has 1 aliphatic heterocycles. The minimum Gasteiger partial charge on any atom is -0.491 e. The molecule has 0 radical (unpaired) electrons. The second-order valence-electron chi connectivity index (χ2n) is 4.67. The molecule has 0 fully saturated rings. The zero-order valence-corrected chi connectivity index (χ0v) is 11.5. The van der Waals surface area contributed by atoms with Crippen LogP contribution < -0.4 is 15.0 Å². The number of urea groups is 1. The van der Waals surface area contributed by atoms with E-state index in [0.717, 1.165) is 0 Å². The second-order valence-corrected chi connectivity index (χ2v) is 4.67. The summed E-state index contributed by atoms with van der Waals surface area (Å²) in [6.07, 6.45) is 0.618. The molecule has 0 aliphatic carbocycles. The average Bonchev–Trinajstić information content (AvgIpc) is 2.69. The number of aliphatic hydroxyl groups is 1. The Kier molecular flexibility index (Phi) is 4.99. The molecular weight excluding hydrogens is 276 g/mol. The van der Waals surface area contributed by atoms with Crippen LogP contribution in [0.5, 0.6) is 5.75 Å². The summed E-state index contributed by atoms with van der Waals surface area (Å²) in [5.41, 5.74) is 0.612. The maximum absolute atomic E-state index is 12.3. The summed E-state index contributed by atoms with van der Waals surface area (Å²) in [6.45, 7) is 0.630. The largest absolute Gasteiger partial charge is 0.491 e. The van der Waals surface area contributed by atoms with Gasteiger partial charge in [0.05, 0.1) is 12.3 Å². The van der Waals surface area contributed by atoms with Crippen LogP contribution in [-0.2, 0) is 4.79 Å². The van der Waals surface area contributed by atoms with Crippen LogP contribution in [0.3, 0.4) is 0 Å². The Hall–Kier alpha value is -2.28. The number of nitrogens with one attached hydrogen (secondary N) is 1. The minimum absolute atomic E-state index is 0.0347. The molecule has 1 aliphatic rings. The number of hydrogen-bond acceptors (Lipinski definition) is 4. The molecule has 1 aromatic carbocycles. The molecule has 1 heterocycles. The van der Waals surface area contributed by atoms with E-state index in [0.29, 0.717) is 31.0 Å². The molecule has 0 spiro atoms. The van der Waals surface area contributed by atoms with E-state index in [-0.39, 0.29) is 13.0 Å². The summed E-state index contributed by atoms with van der Waals surface area (Å²) >= 11 is 0. The van der Waals surface area contributed by atoms with Gasteiger partial charge in [0.2, 0.25) is 0 Å². The SMILES string of the molecule is O=C(O)[C@H](CCO)NC(=O)N1CCCOc2ccccc21. The van der Waals surface area contributed by atoms with E-state index in [9.17, 15) is 9.59 Å². The van der Waals surface area contributed by atoms with Gasteiger partial charge in [0.1, 0.15) is 11.8 Å². The maximum Gasteiger partial charge on any atom is 0.326 e. The molecule has 1 aromatic rings. The number of para-hydroxylation sites is 2. The van der Waals surface area contributed by atoms with E-state index >= 15 is 0 Å². The quantitative estimate of drug-likeness (QED) is 0.763. The standard InChI is InChI=1S/C14H18N2O5/c17-8-6-10(13(18)19)15-14(20)16-7-3-9-21-12-5-2-1-4-11(12)16/h1-2,4-5,10,17H,3,6-9H2,(H,15,20)(H,18,19)/t10-/m0/s1. The molecule has 0 saturated carbocycles. The van der Waals surface area contributed by atoms with E-state index in [2.05, 4.69) is 5.32 Å². The van der Waals surface area contributed by atoms with Crippen molar-refractivity contribution in [2.24, 2.45) is 0 Å². The van der Waals surface area contributed by atoms with E-state index in [4.69, 9.17) is 14.9 Å². The van der Waals surface area contributed by atoms with Crippen molar-refractivity contribution in [3.05, 3.63) is 24.3 Å². The van der Waals surface area contributed by atoms with Gasteiger partial charge in [-0.15, -0.1) is 0 Å². The first-order valence-corrected chi connectivity index (χ1v) is 6.77. The van der Waals surface area contributed by atoms with E-state index in [1.165, 1.54) is 4.90 Å². The van der Waals surface area contributed by atoms with Crippen molar-refractivity contribution in [3.8, 4) is 5.75 Å². The molecule has 114 valence electrons. The predicted molar refractivity (Wildman–Crippen MR) is 75.6 cm³/mol. The summed E-state index contributed by atoms with van der Waals surface area (Å²) < 4.78 is 5.55. The van der Waals surface area contributed by atoms with Gasteiger partial charge in [0.15, 0.2) is 0 Å². The number of aliphatic hydroxyl groups excluding tert-OH is 1. The lowest BCUT2D eigenvalue weighted by Gasteiger charge is -2.24. The average molecular weight is 294 g/mol. The van der Waals surface area contributed by atoms with Crippen molar-refractivity contribution >= 4 is 17.7 Å². The number of benzene rings is 1. The van der Waals surface area contributed by atoms with Crippen molar-refractivity contribution in [1.82, 2.24) is 5.32 Å². The normalized spacial score (nSPS) is 15.4. The summed E-state index contributed by atoms with van der Waals surface area (Å²) in [6, 6.07) is 5.50. The Morgan fingerprint density at radius 2 is 2.14 bits per heavy atom. The second kappa shape index (κ2) is 6.94. The van der Waals surface area contributed by atoms with Crippen molar-refractivity contribution in [3.63, 3.8) is 0 Å². The first kappa shape index (κ1) is 15.1. The first-order chi connectivity index (χ1) is 10.1. The van der Waals surface area contributed by atoms with Gasteiger partial charge in [0, 0.05) is 19.6 Å². The summed E-state index contributed by atoms with van der Waals surface area (Å²) in [5, 5.41) is 20.3. The molecule has 2 amide bonds. The molecule has 0 bridgehead atoms. The number of carbonyl (C=O) groups excluding carboxylic acids is 1. The fraction of sp³-hybridized carbons (Fsp3) is 0.429. The molecule has 21 heavy (non-hydrogen) atoms. The molecule has 7 heteroatoms. The number of carboxylic acid groups (broad SMARTS) is 1. The van der Waals surface area contributed by atoms with Gasteiger partial charge >= 0.3 is 12.0 Å². The molecule has 3 N–H and O–H groups in total. The lowest BCUT2D eigenvalue weighted by Crippen LogP contribution is -2.48. The Bertz CT molecular complexity index is 520. The Labute approximate surface area is 122 Å². The van der Waals surface area contributed by atoms with Gasteiger partial charge in [0.25, 0.3) is 0 Å². The predicted octanol–water partition coefficient (Wildman–Crippen LogP) is 0.821. The number of fused-ring (bicyclic) bond motifs is 1. The lowest BCUT2D eigenvalue weighted by atomic mass is 10.2. The third-order valence-electron chi connectivity index (χ3n) is 3.20. The van der Waals surface area contributed by atoms with Crippen molar-refractivity contribution in [2.75, 3.05) is 24.7 Å². The number of anilines is 1. The van der Waals surface area contributed by atoms with Crippen LogP contribution in [0.15, 0.2) is 24.3 Å². The topological polar surface area (TPSA) is 99.1 Å². The monoisotopic (exact) mass is 294 g/mol. The van der Waals surface area contributed by atoms with Gasteiger partial charge in [-0.2, -0.15) is 0 Å². The minimum atomic E-state index is -1.17.